The molecule has 0 aromatic rings. The molecule has 0 aromatic carbocycles. The second-order valence-corrected chi connectivity index (χ2v) is 5.20. The van der Waals surface area contributed by atoms with E-state index in [9.17, 15) is 0 Å². The molecule has 1 heterocycles. The Hall–Kier alpha value is -0.0800. The molecule has 1 rings (SSSR count). The van der Waals surface area contributed by atoms with Crippen LogP contribution in [0.5, 0.6) is 0 Å². The van der Waals surface area contributed by atoms with Crippen LogP contribution in [0.15, 0.2) is 0 Å². The van der Waals surface area contributed by atoms with Crippen molar-refractivity contribution in [3.8, 4) is 0 Å². The van der Waals surface area contributed by atoms with E-state index in [1.54, 1.807) is 0 Å². The average molecular weight is 227 g/mol. The average Bonchev–Trinajstić information content (AvgIpc) is 2.30. The predicted octanol–water partition coefficient (Wildman–Crippen LogP) is 3.36. The second kappa shape index (κ2) is 8.08. The molecule has 1 fully saturated rings. The molecule has 16 heavy (non-hydrogen) atoms. The van der Waals surface area contributed by atoms with Gasteiger partial charge in [0.15, 0.2) is 0 Å². The van der Waals surface area contributed by atoms with Gasteiger partial charge in [-0.05, 0) is 38.1 Å². The van der Waals surface area contributed by atoms with Crippen molar-refractivity contribution >= 4 is 0 Å². The number of rotatable bonds is 7. The maximum atomic E-state index is 5.91. The van der Waals surface area contributed by atoms with Crippen LogP contribution < -0.4 is 5.32 Å². The van der Waals surface area contributed by atoms with E-state index in [1.807, 2.05) is 0 Å². The first-order chi connectivity index (χ1) is 7.77. The van der Waals surface area contributed by atoms with Crippen molar-refractivity contribution in [1.82, 2.24) is 5.32 Å². The lowest BCUT2D eigenvalue weighted by Gasteiger charge is -2.32. The molecule has 2 nitrogen and oxygen atoms in total. The van der Waals surface area contributed by atoms with Crippen molar-refractivity contribution < 1.29 is 4.74 Å². The van der Waals surface area contributed by atoms with Crippen LogP contribution >= 0.6 is 0 Å². The van der Waals surface area contributed by atoms with Gasteiger partial charge in [-0.25, -0.2) is 0 Å². The van der Waals surface area contributed by atoms with E-state index < -0.39 is 0 Å². The molecule has 1 N–H and O–H groups in total. The molecule has 2 heteroatoms. The zero-order valence-electron chi connectivity index (χ0n) is 11.3. The lowest BCUT2D eigenvalue weighted by Crippen LogP contribution is -2.43. The lowest BCUT2D eigenvalue weighted by atomic mass is 9.91. The normalized spacial score (nSPS) is 25.3. The van der Waals surface area contributed by atoms with Gasteiger partial charge in [-0.2, -0.15) is 0 Å². The highest BCUT2D eigenvalue weighted by atomic mass is 16.5. The Labute approximate surface area is 101 Å². The van der Waals surface area contributed by atoms with Gasteiger partial charge in [0.1, 0.15) is 0 Å². The minimum atomic E-state index is 0.466. The molecule has 1 aliphatic rings. The highest BCUT2D eigenvalue weighted by Gasteiger charge is 2.24. The zero-order chi connectivity index (χ0) is 11.8. The van der Waals surface area contributed by atoms with Gasteiger partial charge >= 0.3 is 0 Å². The fraction of sp³-hybridized carbons (Fsp3) is 1.00. The quantitative estimate of drug-likeness (QED) is 0.720. The van der Waals surface area contributed by atoms with Crippen molar-refractivity contribution in [3.05, 3.63) is 0 Å². The van der Waals surface area contributed by atoms with Gasteiger partial charge in [-0.3, -0.25) is 0 Å². The summed E-state index contributed by atoms with van der Waals surface area (Å²) in [5.41, 5.74) is 0. The molecule has 0 radical (unpaired) electrons. The third-order valence-corrected chi connectivity index (χ3v) is 3.57. The van der Waals surface area contributed by atoms with Gasteiger partial charge in [0.05, 0.1) is 6.10 Å². The van der Waals surface area contributed by atoms with E-state index in [-0.39, 0.29) is 0 Å². The third-order valence-electron chi connectivity index (χ3n) is 3.57. The van der Waals surface area contributed by atoms with Crippen LogP contribution in [0.2, 0.25) is 0 Å². The van der Waals surface area contributed by atoms with Crippen LogP contribution in [0.4, 0.5) is 0 Å². The molecule has 96 valence electrons. The lowest BCUT2D eigenvalue weighted by molar-refractivity contribution is -0.0120. The minimum absolute atomic E-state index is 0.466. The largest absolute Gasteiger partial charge is 0.377 e. The summed E-state index contributed by atoms with van der Waals surface area (Å²) in [7, 11) is 0. The van der Waals surface area contributed by atoms with Crippen LogP contribution in [0.25, 0.3) is 0 Å². The molecule has 0 spiro atoms. The van der Waals surface area contributed by atoms with Crippen LogP contribution in [0.1, 0.15) is 59.3 Å². The summed E-state index contributed by atoms with van der Waals surface area (Å²) in [5.74, 6) is 0.819. The molecule has 1 saturated heterocycles. The molecule has 0 amide bonds. The summed E-state index contributed by atoms with van der Waals surface area (Å²) in [6.45, 7) is 8.87. The smallest absolute Gasteiger partial charge is 0.0728 e. The molecule has 0 aliphatic carbocycles. The Balaban J connectivity index is 2.38. The molecule has 0 bridgehead atoms. The van der Waals surface area contributed by atoms with Crippen molar-refractivity contribution in [1.29, 1.82) is 0 Å². The first-order valence-corrected chi connectivity index (χ1v) is 7.12. The maximum Gasteiger partial charge on any atom is 0.0728 e. The Kier molecular flexibility index (Phi) is 7.06. The Morgan fingerprint density at radius 3 is 2.69 bits per heavy atom. The van der Waals surface area contributed by atoms with Gasteiger partial charge < -0.3 is 10.1 Å². The predicted molar refractivity (Wildman–Crippen MR) is 69.7 cm³/mol. The second-order valence-electron chi connectivity index (χ2n) is 5.20. The fourth-order valence-electron chi connectivity index (χ4n) is 2.76. The third kappa shape index (κ3) is 4.84. The van der Waals surface area contributed by atoms with Gasteiger partial charge in [-0.15, -0.1) is 0 Å². The standard InChI is InChI=1S/C14H29NO/c1-4-8-12(3)11-13(15-5-2)14-9-6-7-10-16-14/h12-15H,4-11H2,1-3H3. The summed E-state index contributed by atoms with van der Waals surface area (Å²) in [6.07, 6.45) is 8.21. The summed E-state index contributed by atoms with van der Waals surface area (Å²) >= 11 is 0. The topological polar surface area (TPSA) is 21.3 Å². The van der Waals surface area contributed by atoms with Crippen LogP contribution in [-0.4, -0.2) is 25.3 Å². The number of ether oxygens (including phenoxy) is 1. The molecule has 0 saturated carbocycles. The molecular weight excluding hydrogens is 198 g/mol. The SMILES string of the molecule is CCCC(C)CC(NCC)C1CCCCO1. The molecule has 1 aliphatic heterocycles. The Morgan fingerprint density at radius 1 is 1.31 bits per heavy atom. The maximum absolute atomic E-state index is 5.91. The first kappa shape index (κ1) is 14.0. The zero-order valence-corrected chi connectivity index (χ0v) is 11.3. The molecule has 0 aromatic heterocycles. The van der Waals surface area contributed by atoms with E-state index in [2.05, 4.69) is 26.1 Å². The van der Waals surface area contributed by atoms with E-state index in [0.29, 0.717) is 12.1 Å². The monoisotopic (exact) mass is 227 g/mol. The highest BCUT2D eigenvalue weighted by molar-refractivity contribution is 4.80. The van der Waals surface area contributed by atoms with E-state index in [1.165, 1.54) is 38.5 Å². The summed E-state index contributed by atoms with van der Waals surface area (Å²) in [6, 6.07) is 0.576. The first-order valence-electron chi connectivity index (χ1n) is 7.12. The van der Waals surface area contributed by atoms with Gasteiger partial charge in [0.25, 0.3) is 0 Å². The van der Waals surface area contributed by atoms with Crippen molar-refractivity contribution in [2.75, 3.05) is 13.2 Å². The number of hydrogen-bond donors (Lipinski definition) is 1. The van der Waals surface area contributed by atoms with E-state index >= 15 is 0 Å². The molecular formula is C14H29NO. The summed E-state index contributed by atoms with van der Waals surface area (Å²) in [5, 5.41) is 3.62. The Morgan fingerprint density at radius 2 is 2.12 bits per heavy atom. The number of hydrogen-bond acceptors (Lipinski definition) is 2. The van der Waals surface area contributed by atoms with Gasteiger partial charge in [0.2, 0.25) is 0 Å². The van der Waals surface area contributed by atoms with Crippen molar-refractivity contribution in [2.24, 2.45) is 5.92 Å². The molecule has 3 unspecified atom stereocenters. The Bertz CT molecular complexity index is 166. The van der Waals surface area contributed by atoms with Gasteiger partial charge in [-0.1, -0.05) is 33.6 Å². The molecule has 3 atom stereocenters. The van der Waals surface area contributed by atoms with E-state index in [4.69, 9.17) is 4.74 Å². The number of nitrogens with one attached hydrogen (secondary N) is 1. The fourth-order valence-corrected chi connectivity index (χ4v) is 2.76. The van der Waals surface area contributed by atoms with Gasteiger partial charge in [0, 0.05) is 12.6 Å². The van der Waals surface area contributed by atoms with Crippen LogP contribution in [0.3, 0.4) is 0 Å². The van der Waals surface area contributed by atoms with Crippen LogP contribution in [-0.2, 0) is 4.74 Å². The van der Waals surface area contributed by atoms with Crippen molar-refractivity contribution in [2.45, 2.75) is 71.4 Å². The van der Waals surface area contributed by atoms with E-state index in [0.717, 1.165) is 19.1 Å². The summed E-state index contributed by atoms with van der Waals surface area (Å²) < 4.78 is 5.91. The summed E-state index contributed by atoms with van der Waals surface area (Å²) in [4.78, 5) is 0. The van der Waals surface area contributed by atoms with Crippen molar-refractivity contribution in [3.63, 3.8) is 0 Å². The van der Waals surface area contributed by atoms with Crippen LogP contribution in [0, 0.1) is 5.92 Å². The highest BCUT2D eigenvalue weighted by Crippen LogP contribution is 2.22. The minimum Gasteiger partial charge on any atom is -0.377 e. The number of likely N-dealkylation sites (N-methyl/N-ethyl adjacent to an activating group) is 1.